The Kier molecular flexibility index (Phi) is 5.58. The van der Waals surface area contributed by atoms with Crippen molar-refractivity contribution >= 4 is 40.9 Å². The molecule has 162 valence electrons. The highest BCUT2D eigenvalue weighted by Gasteiger charge is 2.60. The quantitative estimate of drug-likeness (QED) is 0.410. The van der Waals surface area contributed by atoms with E-state index in [2.05, 4.69) is 4.98 Å². The number of nitrogens with two attached hydrogens (primary N) is 1. The van der Waals surface area contributed by atoms with Gasteiger partial charge in [-0.1, -0.05) is 18.7 Å². The second-order valence-electron chi connectivity index (χ2n) is 7.60. The van der Waals surface area contributed by atoms with Crippen molar-refractivity contribution in [1.82, 2.24) is 9.88 Å². The smallest absolute Gasteiger partial charge is 0.353 e. The van der Waals surface area contributed by atoms with Crippen molar-refractivity contribution in [1.29, 1.82) is 0 Å². The predicted octanol–water partition coefficient (Wildman–Crippen LogP) is 0.829. The van der Waals surface area contributed by atoms with E-state index in [0.29, 0.717) is 9.24 Å². The van der Waals surface area contributed by atoms with Crippen molar-refractivity contribution in [3.63, 3.8) is 0 Å². The monoisotopic (exact) mass is 461 g/mol. The molecule has 4 rings (SSSR count). The van der Waals surface area contributed by atoms with Gasteiger partial charge in [0.05, 0.1) is 23.8 Å². The number of thiazole rings is 1. The summed E-state index contributed by atoms with van der Waals surface area (Å²) in [5, 5.41) is 21.6. The number of carbonyl (C=O) groups excluding carboxylic acids is 2. The van der Waals surface area contributed by atoms with Gasteiger partial charge in [-0.2, -0.15) is 4.57 Å². The molecule has 0 radical (unpaired) electrons. The van der Waals surface area contributed by atoms with E-state index in [1.54, 1.807) is 23.9 Å². The van der Waals surface area contributed by atoms with Gasteiger partial charge < -0.3 is 20.8 Å². The average molecular weight is 462 g/mol. The number of carbonyl (C=O) groups is 3. The highest BCUT2D eigenvalue weighted by atomic mass is 32.2. The fraction of sp³-hybridized carbons (Fsp3) is 0.350. The minimum atomic E-state index is -1.16. The zero-order valence-corrected chi connectivity index (χ0v) is 18.4. The maximum Gasteiger partial charge on any atom is 0.353 e. The number of carboxylic acid groups (broad SMARTS) is 1. The molecule has 2 aliphatic rings. The first-order valence-corrected chi connectivity index (χ1v) is 11.3. The van der Waals surface area contributed by atoms with Crippen LogP contribution in [0.5, 0.6) is 0 Å². The number of aliphatic hydroxyl groups is 1. The van der Waals surface area contributed by atoms with Crippen molar-refractivity contribution in [2.45, 2.75) is 36.9 Å². The lowest BCUT2D eigenvalue weighted by Crippen LogP contribution is -2.63. The standard InChI is InChI=1S/C20H20N4O5S2/c1-9-15-14(10(2)25)18(27)24(15)16(19(28)29)17(9)31-20-22-12(8-30-20)11-3-5-23(6-4-11)7-13(21)26/h3-6,8-10,14-15,25H,7H2,1-2H3,(H2-,21,26,28,29)/p+1/t9-,10?,14+,15+/m1/s1. The van der Waals surface area contributed by atoms with E-state index in [9.17, 15) is 24.6 Å². The Labute approximate surface area is 186 Å². The van der Waals surface area contributed by atoms with Crippen LogP contribution in [-0.2, 0) is 20.9 Å². The third-order valence-corrected chi connectivity index (χ3v) is 7.74. The third kappa shape index (κ3) is 3.73. The first-order chi connectivity index (χ1) is 14.7. The second kappa shape index (κ2) is 8.06. The maximum atomic E-state index is 12.4. The van der Waals surface area contributed by atoms with Crippen LogP contribution in [0.1, 0.15) is 13.8 Å². The van der Waals surface area contributed by atoms with E-state index in [4.69, 9.17) is 5.73 Å². The van der Waals surface area contributed by atoms with Gasteiger partial charge >= 0.3 is 5.97 Å². The number of aromatic nitrogens is 2. The van der Waals surface area contributed by atoms with Crippen LogP contribution in [0.25, 0.3) is 11.3 Å². The van der Waals surface area contributed by atoms with Gasteiger partial charge in [0.2, 0.25) is 12.5 Å². The lowest BCUT2D eigenvalue weighted by atomic mass is 9.79. The number of fused-ring (bicyclic) bond motifs is 1. The van der Waals surface area contributed by atoms with Crippen LogP contribution in [0.15, 0.2) is 44.8 Å². The number of amides is 2. The van der Waals surface area contributed by atoms with Crippen LogP contribution in [0.3, 0.4) is 0 Å². The first kappa shape index (κ1) is 21.5. The summed E-state index contributed by atoms with van der Waals surface area (Å²) >= 11 is 2.63. The van der Waals surface area contributed by atoms with Gasteiger partial charge in [0.25, 0.3) is 5.91 Å². The van der Waals surface area contributed by atoms with E-state index >= 15 is 0 Å². The first-order valence-electron chi connectivity index (χ1n) is 9.58. The Morgan fingerprint density at radius 1 is 1.39 bits per heavy atom. The Bertz CT molecular complexity index is 1100. The number of thioether (sulfide) groups is 1. The normalized spacial score (nSPS) is 23.5. The molecule has 2 amide bonds. The van der Waals surface area contributed by atoms with Crippen LogP contribution in [0.4, 0.5) is 0 Å². The van der Waals surface area contributed by atoms with Crippen LogP contribution >= 0.6 is 23.1 Å². The van der Waals surface area contributed by atoms with Crippen molar-refractivity contribution < 1.29 is 29.2 Å². The number of hydrogen-bond acceptors (Lipinski definition) is 7. The Balaban J connectivity index is 1.57. The summed E-state index contributed by atoms with van der Waals surface area (Å²) in [5.74, 6) is -2.75. The number of carboxylic acids is 1. The van der Waals surface area contributed by atoms with Crippen LogP contribution in [-0.4, -0.2) is 50.0 Å². The number of nitrogens with zero attached hydrogens (tertiary/aromatic N) is 3. The van der Waals surface area contributed by atoms with Crippen LogP contribution in [0.2, 0.25) is 0 Å². The molecule has 2 aromatic heterocycles. The van der Waals surface area contributed by atoms with Crippen LogP contribution in [0, 0.1) is 11.8 Å². The average Bonchev–Trinajstić information content (AvgIpc) is 3.24. The van der Waals surface area contributed by atoms with Crippen molar-refractivity contribution in [2.75, 3.05) is 0 Å². The summed E-state index contributed by atoms with van der Waals surface area (Å²) in [6.07, 6.45) is 2.64. The topological polar surface area (TPSA) is 138 Å². The maximum absolute atomic E-state index is 12.4. The molecular formula is C20H21N4O5S2+. The molecule has 4 heterocycles. The van der Waals surface area contributed by atoms with E-state index in [-0.39, 0.29) is 30.1 Å². The number of aliphatic hydroxyl groups excluding tert-OH is 1. The molecular weight excluding hydrogens is 440 g/mol. The zero-order chi connectivity index (χ0) is 22.4. The largest absolute Gasteiger partial charge is 0.477 e. The summed E-state index contributed by atoms with van der Waals surface area (Å²) in [4.78, 5) is 41.9. The van der Waals surface area contributed by atoms with Gasteiger partial charge in [0, 0.05) is 33.9 Å². The zero-order valence-electron chi connectivity index (χ0n) is 16.8. The summed E-state index contributed by atoms with van der Waals surface area (Å²) in [7, 11) is 0. The lowest BCUT2D eigenvalue weighted by Gasteiger charge is -2.46. The molecule has 0 aromatic carbocycles. The molecule has 1 unspecified atom stereocenters. The summed E-state index contributed by atoms with van der Waals surface area (Å²) in [6, 6.07) is 3.30. The number of rotatable bonds is 7. The van der Waals surface area contributed by atoms with E-state index in [1.165, 1.54) is 28.0 Å². The molecule has 11 heteroatoms. The number of hydrogen-bond donors (Lipinski definition) is 3. The minimum absolute atomic E-state index is 0.0200. The number of β-lactam (4-membered cyclic amide) rings is 1. The van der Waals surface area contributed by atoms with Gasteiger partial charge in [-0.05, 0) is 6.92 Å². The van der Waals surface area contributed by atoms with Crippen LogP contribution < -0.4 is 10.3 Å². The molecule has 0 saturated carbocycles. The van der Waals surface area contributed by atoms with Gasteiger partial charge in [-0.15, -0.1) is 11.3 Å². The van der Waals surface area contributed by atoms with Crippen molar-refractivity contribution in [3.05, 3.63) is 40.5 Å². The molecule has 2 aromatic rings. The molecule has 0 spiro atoms. The summed E-state index contributed by atoms with van der Waals surface area (Å²) < 4.78 is 2.32. The molecule has 1 fully saturated rings. The third-order valence-electron chi connectivity index (χ3n) is 5.52. The van der Waals surface area contributed by atoms with E-state index < -0.39 is 23.9 Å². The lowest BCUT2D eigenvalue weighted by molar-refractivity contribution is -0.684. The summed E-state index contributed by atoms with van der Waals surface area (Å²) in [6.45, 7) is 3.52. The molecule has 4 atom stereocenters. The Morgan fingerprint density at radius 3 is 2.65 bits per heavy atom. The van der Waals surface area contributed by atoms with E-state index in [1.807, 2.05) is 24.4 Å². The fourth-order valence-corrected chi connectivity index (χ4v) is 6.20. The SMILES string of the molecule is CC(O)[C@@H]1C(=O)N2C(C(=O)O)=C(Sc3nc(-c4cc[n+](CC(N)=O)cc4)cs3)[C@H](C)[C@@H]12. The Hall–Kier alpha value is -2.76. The molecule has 0 aliphatic carbocycles. The van der Waals surface area contributed by atoms with E-state index in [0.717, 1.165) is 11.3 Å². The predicted molar refractivity (Wildman–Crippen MR) is 112 cm³/mol. The minimum Gasteiger partial charge on any atom is -0.477 e. The van der Waals surface area contributed by atoms with Gasteiger partial charge in [0.1, 0.15) is 5.70 Å². The molecule has 1 saturated heterocycles. The van der Waals surface area contributed by atoms with Gasteiger partial charge in [0.15, 0.2) is 16.7 Å². The fourth-order valence-electron chi connectivity index (χ4n) is 4.10. The van der Waals surface area contributed by atoms with Crippen molar-refractivity contribution in [2.24, 2.45) is 17.6 Å². The molecule has 2 aliphatic heterocycles. The number of primary amides is 1. The number of pyridine rings is 1. The molecule has 0 bridgehead atoms. The molecule has 9 nitrogen and oxygen atoms in total. The highest BCUT2D eigenvalue weighted by Crippen LogP contribution is 2.52. The second-order valence-corrected chi connectivity index (χ2v) is 9.75. The van der Waals surface area contributed by atoms with Gasteiger partial charge in [-0.3, -0.25) is 9.59 Å². The Morgan fingerprint density at radius 2 is 2.06 bits per heavy atom. The molecule has 31 heavy (non-hydrogen) atoms. The van der Waals surface area contributed by atoms with Crippen molar-refractivity contribution in [3.8, 4) is 11.3 Å². The molecule has 4 N–H and O–H groups in total. The highest BCUT2D eigenvalue weighted by molar-refractivity contribution is 8.04. The summed E-state index contributed by atoms with van der Waals surface area (Å²) in [5.41, 5.74) is 6.75. The van der Waals surface area contributed by atoms with Gasteiger partial charge in [-0.25, -0.2) is 9.78 Å². The number of aliphatic carboxylic acids is 1.